The number of rotatable bonds is 4. The van der Waals surface area contributed by atoms with Crippen LogP contribution in [-0.4, -0.2) is 36.0 Å². The third-order valence-corrected chi connectivity index (χ3v) is 4.65. The fourth-order valence-electron chi connectivity index (χ4n) is 3.57. The normalized spacial score (nSPS) is 30.4. The number of fused-ring (bicyclic) bond motifs is 3. The van der Waals surface area contributed by atoms with E-state index in [4.69, 9.17) is 18.9 Å². The molecule has 0 radical (unpaired) electrons. The molecule has 4 unspecified atom stereocenters. The Morgan fingerprint density at radius 1 is 1.13 bits per heavy atom. The summed E-state index contributed by atoms with van der Waals surface area (Å²) in [6.07, 6.45) is 0.678. The summed E-state index contributed by atoms with van der Waals surface area (Å²) in [4.78, 5) is 23.7. The lowest BCUT2D eigenvalue weighted by molar-refractivity contribution is -0.159. The van der Waals surface area contributed by atoms with Gasteiger partial charge >= 0.3 is 11.9 Å². The van der Waals surface area contributed by atoms with Crippen LogP contribution in [0.5, 0.6) is 11.5 Å². The highest BCUT2D eigenvalue weighted by molar-refractivity contribution is 5.83. The number of carboxylic acids is 1. The lowest BCUT2D eigenvalue weighted by atomic mass is 9.79. The summed E-state index contributed by atoms with van der Waals surface area (Å²) in [6.45, 7) is 0.247. The molecule has 2 bridgehead atoms. The molecule has 7 heteroatoms. The second-order valence-electron chi connectivity index (χ2n) is 5.98. The second kappa shape index (κ2) is 5.42. The van der Waals surface area contributed by atoms with Gasteiger partial charge in [0, 0.05) is 0 Å². The molecule has 4 atom stereocenters. The van der Waals surface area contributed by atoms with Gasteiger partial charge in [0.2, 0.25) is 6.79 Å². The van der Waals surface area contributed by atoms with Gasteiger partial charge in [-0.3, -0.25) is 9.59 Å². The molecule has 2 fully saturated rings. The Labute approximate surface area is 132 Å². The standard InChI is InChI=1S/C16H16O7/c17-15(18)13-10-3-4-11(23-10)14(13)16(19)20-6-8-1-2-9-12(5-8)22-7-21-9/h1-2,5,10-11,13-14H,3-4,6-7H2,(H,17,18). The molecule has 7 nitrogen and oxygen atoms in total. The number of benzene rings is 1. The van der Waals surface area contributed by atoms with Crippen LogP contribution in [0.25, 0.3) is 0 Å². The molecule has 0 amide bonds. The molecule has 0 aliphatic carbocycles. The molecule has 23 heavy (non-hydrogen) atoms. The molecule has 3 heterocycles. The molecule has 4 rings (SSSR count). The summed E-state index contributed by atoms with van der Waals surface area (Å²) in [5.74, 6) is -1.76. The molecular weight excluding hydrogens is 304 g/mol. The van der Waals surface area contributed by atoms with Crippen LogP contribution < -0.4 is 9.47 Å². The summed E-state index contributed by atoms with van der Waals surface area (Å²) in [7, 11) is 0. The molecule has 1 N–H and O–H groups in total. The molecule has 0 spiro atoms. The van der Waals surface area contributed by atoms with Crippen LogP contribution in [0.3, 0.4) is 0 Å². The van der Waals surface area contributed by atoms with Gasteiger partial charge in [0.15, 0.2) is 11.5 Å². The van der Waals surface area contributed by atoms with Crippen LogP contribution in [-0.2, 0) is 25.7 Å². The van der Waals surface area contributed by atoms with Gasteiger partial charge in [-0.05, 0) is 30.5 Å². The van der Waals surface area contributed by atoms with Gasteiger partial charge in [-0.1, -0.05) is 6.07 Å². The number of carbonyl (C=O) groups excluding carboxylic acids is 1. The molecule has 3 aliphatic heterocycles. The van der Waals surface area contributed by atoms with E-state index >= 15 is 0 Å². The zero-order valence-corrected chi connectivity index (χ0v) is 12.3. The van der Waals surface area contributed by atoms with Crippen LogP contribution >= 0.6 is 0 Å². The zero-order chi connectivity index (χ0) is 16.0. The molecule has 1 aromatic rings. The Morgan fingerprint density at radius 2 is 1.87 bits per heavy atom. The maximum atomic E-state index is 12.3. The number of esters is 1. The van der Waals surface area contributed by atoms with Gasteiger partial charge in [0.25, 0.3) is 0 Å². The highest BCUT2D eigenvalue weighted by Gasteiger charge is 2.56. The third kappa shape index (κ3) is 2.41. The quantitative estimate of drug-likeness (QED) is 0.837. The smallest absolute Gasteiger partial charge is 0.312 e. The number of hydrogen-bond acceptors (Lipinski definition) is 6. The Morgan fingerprint density at radius 3 is 2.65 bits per heavy atom. The van der Waals surface area contributed by atoms with E-state index in [1.54, 1.807) is 18.2 Å². The van der Waals surface area contributed by atoms with Crippen molar-refractivity contribution in [1.29, 1.82) is 0 Å². The SMILES string of the molecule is O=C(O)C1C2CCC(O2)C1C(=O)OCc1ccc2c(c1)OCO2. The predicted molar refractivity (Wildman–Crippen MR) is 74.9 cm³/mol. The molecule has 0 saturated carbocycles. The van der Waals surface area contributed by atoms with Gasteiger partial charge in [0.05, 0.1) is 24.0 Å². The lowest BCUT2D eigenvalue weighted by Crippen LogP contribution is -2.39. The van der Waals surface area contributed by atoms with E-state index < -0.39 is 23.8 Å². The maximum absolute atomic E-state index is 12.3. The number of aliphatic carboxylic acids is 1. The van der Waals surface area contributed by atoms with E-state index in [1.807, 2.05) is 0 Å². The lowest BCUT2D eigenvalue weighted by Gasteiger charge is -2.23. The minimum Gasteiger partial charge on any atom is -0.481 e. The molecule has 2 saturated heterocycles. The van der Waals surface area contributed by atoms with Crippen molar-refractivity contribution in [3.8, 4) is 11.5 Å². The van der Waals surface area contributed by atoms with Gasteiger partial charge in [-0.15, -0.1) is 0 Å². The predicted octanol–water partition coefficient (Wildman–Crippen LogP) is 1.34. The van der Waals surface area contributed by atoms with Gasteiger partial charge in [0.1, 0.15) is 6.61 Å². The topological polar surface area (TPSA) is 91.3 Å². The average Bonchev–Trinajstić information content (AvgIpc) is 3.25. The number of carboxylic acid groups (broad SMARTS) is 1. The van der Waals surface area contributed by atoms with E-state index in [-0.39, 0.29) is 25.6 Å². The number of ether oxygens (including phenoxy) is 4. The minimum absolute atomic E-state index is 0.0652. The summed E-state index contributed by atoms with van der Waals surface area (Å²) < 4.78 is 21.4. The fraction of sp³-hybridized carbons (Fsp3) is 0.500. The van der Waals surface area contributed by atoms with E-state index in [0.29, 0.717) is 24.3 Å². The fourth-order valence-corrected chi connectivity index (χ4v) is 3.57. The number of carbonyl (C=O) groups is 2. The van der Waals surface area contributed by atoms with Crippen molar-refractivity contribution in [2.24, 2.45) is 11.8 Å². The van der Waals surface area contributed by atoms with Crippen LogP contribution in [0.2, 0.25) is 0 Å². The highest BCUT2D eigenvalue weighted by atomic mass is 16.7. The van der Waals surface area contributed by atoms with E-state index in [1.165, 1.54) is 0 Å². The first kappa shape index (κ1) is 14.3. The summed E-state index contributed by atoms with van der Waals surface area (Å²) in [5.41, 5.74) is 0.763. The molecular formula is C16H16O7. The Kier molecular flexibility index (Phi) is 3.37. The Balaban J connectivity index is 1.43. The van der Waals surface area contributed by atoms with Crippen molar-refractivity contribution in [3.05, 3.63) is 23.8 Å². The average molecular weight is 320 g/mol. The van der Waals surface area contributed by atoms with Crippen molar-refractivity contribution in [1.82, 2.24) is 0 Å². The molecule has 1 aromatic carbocycles. The summed E-state index contributed by atoms with van der Waals surface area (Å²) in [5, 5.41) is 9.33. The zero-order valence-electron chi connectivity index (χ0n) is 12.3. The monoisotopic (exact) mass is 320 g/mol. The molecule has 0 aromatic heterocycles. The van der Waals surface area contributed by atoms with Gasteiger partial charge in [-0.25, -0.2) is 0 Å². The minimum atomic E-state index is -0.998. The first-order valence-electron chi connectivity index (χ1n) is 7.57. The first-order chi connectivity index (χ1) is 11.1. The van der Waals surface area contributed by atoms with Crippen LogP contribution in [0, 0.1) is 11.8 Å². The third-order valence-electron chi connectivity index (χ3n) is 4.65. The maximum Gasteiger partial charge on any atom is 0.312 e. The molecule has 3 aliphatic rings. The van der Waals surface area contributed by atoms with Crippen molar-refractivity contribution in [3.63, 3.8) is 0 Å². The number of hydrogen-bond donors (Lipinski definition) is 1. The van der Waals surface area contributed by atoms with Crippen LogP contribution in [0.1, 0.15) is 18.4 Å². The van der Waals surface area contributed by atoms with E-state index in [0.717, 1.165) is 5.56 Å². The van der Waals surface area contributed by atoms with E-state index in [9.17, 15) is 14.7 Å². The van der Waals surface area contributed by atoms with Crippen molar-refractivity contribution >= 4 is 11.9 Å². The first-order valence-corrected chi connectivity index (χ1v) is 7.57. The van der Waals surface area contributed by atoms with Gasteiger partial charge in [-0.2, -0.15) is 0 Å². The molecule has 122 valence electrons. The largest absolute Gasteiger partial charge is 0.481 e. The summed E-state index contributed by atoms with van der Waals surface area (Å²) >= 11 is 0. The van der Waals surface area contributed by atoms with Crippen molar-refractivity contribution < 1.29 is 33.6 Å². The van der Waals surface area contributed by atoms with Crippen LogP contribution in [0.15, 0.2) is 18.2 Å². The second-order valence-corrected chi connectivity index (χ2v) is 5.98. The van der Waals surface area contributed by atoms with Crippen molar-refractivity contribution in [2.75, 3.05) is 6.79 Å². The highest BCUT2D eigenvalue weighted by Crippen LogP contribution is 2.44. The van der Waals surface area contributed by atoms with Crippen LogP contribution in [0.4, 0.5) is 0 Å². The Hall–Kier alpha value is -2.28. The summed E-state index contributed by atoms with van der Waals surface area (Å²) in [6, 6.07) is 5.29. The van der Waals surface area contributed by atoms with Gasteiger partial charge < -0.3 is 24.1 Å². The Bertz CT molecular complexity index is 656. The van der Waals surface area contributed by atoms with E-state index in [2.05, 4.69) is 0 Å². The van der Waals surface area contributed by atoms with Crippen molar-refractivity contribution in [2.45, 2.75) is 31.7 Å².